The topological polar surface area (TPSA) is 48.7 Å². The second-order valence-electron chi connectivity index (χ2n) is 4.32. The zero-order valence-electron chi connectivity index (χ0n) is 10.6. The van der Waals surface area contributed by atoms with Crippen LogP contribution in [0.2, 0.25) is 0 Å². The fourth-order valence-electron chi connectivity index (χ4n) is 1.95. The van der Waals surface area contributed by atoms with Crippen molar-refractivity contribution in [2.45, 2.75) is 26.2 Å². The molecule has 0 aliphatic heterocycles. The van der Waals surface area contributed by atoms with Crippen LogP contribution in [0.1, 0.15) is 31.7 Å². The van der Waals surface area contributed by atoms with Crippen molar-refractivity contribution >= 4 is 16.7 Å². The van der Waals surface area contributed by atoms with Crippen LogP contribution in [0.4, 0.5) is 5.82 Å². The molecule has 0 atom stereocenters. The van der Waals surface area contributed by atoms with Crippen LogP contribution in [0.3, 0.4) is 0 Å². The van der Waals surface area contributed by atoms with Gasteiger partial charge in [0.25, 0.3) is 0 Å². The molecule has 3 heteroatoms. The van der Waals surface area contributed by atoms with E-state index < -0.39 is 0 Å². The summed E-state index contributed by atoms with van der Waals surface area (Å²) >= 11 is 0. The van der Waals surface area contributed by atoms with Crippen molar-refractivity contribution in [2.24, 2.45) is 0 Å². The molecule has 0 spiro atoms. The maximum Gasteiger partial charge on any atom is 0.127 e. The summed E-state index contributed by atoms with van der Waals surface area (Å²) in [6, 6.07) is 11.8. The zero-order valence-corrected chi connectivity index (χ0v) is 10.6. The highest BCUT2D eigenvalue weighted by atomic mass is 15.0. The minimum absolute atomic E-state index is 0.679. The van der Waals surface area contributed by atoms with E-state index in [-0.39, 0.29) is 0 Å². The molecular weight excluding hydrogens is 222 g/mol. The summed E-state index contributed by atoms with van der Waals surface area (Å²) in [5, 5.41) is 13.4. The Bertz CT molecular complexity index is 569. The molecule has 92 valence electrons. The van der Waals surface area contributed by atoms with E-state index in [1.807, 2.05) is 30.3 Å². The molecule has 2 aromatic rings. The van der Waals surface area contributed by atoms with Gasteiger partial charge in [-0.2, -0.15) is 5.26 Å². The van der Waals surface area contributed by atoms with Gasteiger partial charge in [0.05, 0.1) is 17.1 Å². The monoisotopic (exact) mass is 239 g/mol. The number of nitriles is 1. The third kappa shape index (κ3) is 2.78. The molecule has 0 saturated carbocycles. The number of hydrogen-bond acceptors (Lipinski definition) is 3. The average molecular weight is 239 g/mol. The molecule has 1 N–H and O–H groups in total. The highest BCUT2D eigenvalue weighted by Crippen LogP contribution is 2.19. The van der Waals surface area contributed by atoms with Crippen molar-refractivity contribution in [3.05, 3.63) is 35.9 Å². The van der Waals surface area contributed by atoms with Gasteiger partial charge in [-0.3, -0.25) is 0 Å². The summed E-state index contributed by atoms with van der Waals surface area (Å²) in [5.74, 6) is 0.793. The summed E-state index contributed by atoms with van der Waals surface area (Å²) < 4.78 is 0. The summed E-state index contributed by atoms with van der Waals surface area (Å²) in [4.78, 5) is 4.52. The molecule has 0 amide bonds. The molecule has 0 aliphatic rings. The lowest BCUT2D eigenvalue weighted by Gasteiger charge is -2.07. The van der Waals surface area contributed by atoms with Crippen LogP contribution in [0.25, 0.3) is 10.9 Å². The van der Waals surface area contributed by atoms with Crippen molar-refractivity contribution in [1.82, 2.24) is 4.98 Å². The number of hydrogen-bond donors (Lipinski definition) is 1. The smallest absolute Gasteiger partial charge is 0.127 e. The first-order chi connectivity index (χ1) is 8.85. The van der Waals surface area contributed by atoms with E-state index in [2.05, 4.69) is 23.3 Å². The average Bonchev–Trinajstić information content (AvgIpc) is 2.42. The second-order valence-corrected chi connectivity index (χ2v) is 4.32. The van der Waals surface area contributed by atoms with Gasteiger partial charge in [0, 0.05) is 11.9 Å². The number of anilines is 1. The van der Waals surface area contributed by atoms with Gasteiger partial charge < -0.3 is 5.32 Å². The normalized spacial score (nSPS) is 10.2. The first-order valence-electron chi connectivity index (χ1n) is 6.39. The number of nitrogens with one attached hydrogen (secondary N) is 1. The van der Waals surface area contributed by atoms with E-state index in [9.17, 15) is 0 Å². The Kier molecular flexibility index (Phi) is 4.14. The highest BCUT2D eigenvalue weighted by molar-refractivity contribution is 5.86. The lowest BCUT2D eigenvalue weighted by molar-refractivity contribution is 0.742. The molecule has 0 unspecified atom stereocenters. The standard InChI is InChI=1S/C15H17N3/c1-2-3-6-9-17-15-10-12(11-16)13-7-4-5-8-14(13)18-15/h4-5,7-8,10H,2-3,6,9H2,1H3,(H,17,18). The number of pyridine rings is 1. The molecule has 3 nitrogen and oxygen atoms in total. The van der Waals surface area contributed by atoms with Gasteiger partial charge in [0.15, 0.2) is 0 Å². The van der Waals surface area contributed by atoms with Crippen LogP contribution in [0.5, 0.6) is 0 Å². The predicted molar refractivity (Wildman–Crippen MR) is 74.5 cm³/mol. The van der Waals surface area contributed by atoms with Crippen LogP contribution in [-0.4, -0.2) is 11.5 Å². The predicted octanol–water partition coefficient (Wildman–Crippen LogP) is 3.71. The highest BCUT2D eigenvalue weighted by Gasteiger charge is 2.04. The number of rotatable bonds is 5. The third-order valence-electron chi connectivity index (χ3n) is 2.92. The number of aromatic nitrogens is 1. The number of benzene rings is 1. The summed E-state index contributed by atoms with van der Waals surface area (Å²) in [6.45, 7) is 3.09. The maximum atomic E-state index is 9.16. The van der Waals surface area contributed by atoms with E-state index in [0.29, 0.717) is 5.56 Å². The molecule has 0 radical (unpaired) electrons. The lowest BCUT2D eigenvalue weighted by atomic mass is 10.1. The molecule has 0 bridgehead atoms. The van der Waals surface area contributed by atoms with E-state index in [1.165, 1.54) is 12.8 Å². The SMILES string of the molecule is CCCCCNc1cc(C#N)c2ccccc2n1. The molecule has 0 fully saturated rings. The second kappa shape index (κ2) is 6.02. The summed E-state index contributed by atoms with van der Waals surface area (Å²) in [6.07, 6.45) is 3.55. The Morgan fingerprint density at radius 1 is 1.28 bits per heavy atom. The molecular formula is C15H17N3. The van der Waals surface area contributed by atoms with Crippen molar-refractivity contribution in [3.8, 4) is 6.07 Å². The van der Waals surface area contributed by atoms with Crippen LogP contribution in [0, 0.1) is 11.3 Å². The van der Waals surface area contributed by atoms with E-state index in [1.54, 1.807) is 0 Å². The van der Waals surface area contributed by atoms with Crippen LogP contribution in [-0.2, 0) is 0 Å². The van der Waals surface area contributed by atoms with Gasteiger partial charge in [0.2, 0.25) is 0 Å². The van der Waals surface area contributed by atoms with Gasteiger partial charge in [-0.05, 0) is 18.6 Å². The Morgan fingerprint density at radius 3 is 2.89 bits per heavy atom. The molecule has 2 rings (SSSR count). The van der Waals surface area contributed by atoms with Gasteiger partial charge in [-0.25, -0.2) is 4.98 Å². The summed E-state index contributed by atoms with van der Waals surface area (Å²) in [5.41, 5.74) is 1.55. The minimum Gasteiger partial charge on any atom is -0.370 e. The van der Waals surface area contributed by atoms with Crippen molar-refractivity contribution in [3.63, 3.8) is 0 Å². The van der Waals surface area contributed by atoms with Gasteiger partial charge in [-0.15, -0.1) is 0 Å². The van der Waals surface area contributed by atoms with Crippen molar-refractivity contribution in [2.75, 3.05) is 11.9 Å². The molecule has 0 saturated heterocycles. The number of unbranched alkanes of at least 4 members (excludes halogenated alkanes) is 2. The third-order valence-corrected chi connectivity index (χ3v) is 2.92. The van der Waals surface area contributed by atoms with Gasteiger partial charge in [-0.1, -0.05) is 38.0 Å². The largest absolute Gasteiger partial charge is 0.370 e. The van der Waals surface area contributed by atoms with E-state index >= 15 is 0 Å². The van der Waals surface area contributed by atoms with Gasteiger partial charge >= 0.3 is 0 Å². The molecule has 1 aromatic heterocycles. The van der Waals surface area contributed by atoms with E-state index in [0.717, 1.165) is 29.7 Å². The maximum absolute atomic E-state index is 9.16. The zero-order chi connectivity index (χ0) is 12.8. The van der Waals surface area contributed by atoms with Crippen LogP contribution >= 0.6 is 0 Å². The Hall–Kier alpha value is -2.08. The molecule has 0 aliphatic carbocycles. The number of fused-ring (bicyclic) bond motifs is 1. The number of para-hydroxylation sites is 1. The first kappa shape index (κ1) is 12.4. The fraction of sp³-hybridized carbons (Fsp3) is 0.333. The lowest BCUT2D eigenvalue weighted by Crippen LogP contribution is -2.03. The summed E-state index contributed by atoms with van der Waals surface area (Å²) in [7, 11) is 0. The quantitative estimate of drug-likeness (QED) is 0.809. The van der Waals surface area contributed by atoms with Crippen molar-refractivity contribution in [1.29, 1.82) is 5.26 Å². The minimum atomic E-state index is 0.679. The fourth-order valence-corrected chi connectivity index (χ4v) is 1.95. The van der Waals surface area contributed by atoms with Crippen LogP contribution < -0.4 is 5.32 Å². The van der Waals surface area contributed by atoms with Gasteiger partial charge in [0.1, 0.15) is 5.82 Å². The Balaban J connectivity index is 2.22. The molecule has 18 heavy (non-hydrogen) atoms. The number of nitrogens with zero attached hydrogens (tertiary/aromatic N) is 2. The Labute approximate surface area is 107 Å². The van der Waals surface area contributed by atoms with Crippen LogP contribution in [0.15, 0.2) is 30.3 Å². The molecule has 1 aromatic carbocycles. The first-order valence-corrected chi connectivity index (χ1v) is 6.39. The molecule has 1 heterocycles. The Morgan fingerprint density at radius 2 is 2.11 bits per heavy atom. The van der Waals surface area contributed by atoms with Crippen molar-refractivity contribution < 1.29 is 0 Å². The van der Waals surface area contributed by atoms with E-state index in [4.69, 9.17) is 5.26 Å².